The van der Waals surface area contributed by atoms with Crippen LogP contribution in [0.2, 0.25) is 0 Å². The van der Waals surface area contributed by atoms with E-state index in [1.165, 1.54) is 12.8 Å². The number of carbonyl (C=O) groups is 2. The summed E-state index contributed by atoms with van der Waals surface area (Å²) in [6, 6.07) is -0.232. The van der Waals surface area contributed by atoms with Crippen LogP contribution in [0.4, 0.5) is 0 Å². The van der Waals surface area contributed by atoms with Crippen molar-refractivity contribution < 1.29 is 9.59 Å². The molecule has 4 fully saturated rings. The minimum atomic E-state index is -0.361. The van der Waals surface area contributed by atoms with Gasteiger partial charge in [-0.3, -0.25) is 14.5 Å². The number of carbonyl (C=O) groups excluding carboxylic acids is 2. The van der Waals surface area contributed by atoms with Crippen LogP contribution in [0.15, 0.2) is 0 Å². The van der Waals surface area contributed by atoms with Crippen molar-refractivity contribution in [2.24, 2.45) is 29.4 Å². The molecule has 4 nitrogen and oxygen atoms in total. The molecule has 1 aliphatic heterocycles. The summed E-state index contributed by atoms with van der Waals surface area (Å²) in [7, 11) is 0. The van der Waals surface area contributed by atoms with E-state index in [2.05, 4.69) is 4.90 Å². The van der Waals surface area contributed by atoms with E-state index in [0.29, 0.717) is 5.78 Å². The highest BCUT2D eigenvalue weighted by atomic mass is 35.5. The van der Waals surface area contributed by atoms with E-state index in [-0.39, 0.29) is 46.9 Å². The summed E-state index contributed by atoms with van der Waals surface area (Å²) >= 11 is 6.53. The molecule has 0 radical (unpaired) electrons. The third-order valence-corrected chi connectivity index (χ3v) is 7.33. The molecule has 2 N–H and O–H groups in total. The van der Waals surface area contributed by atoms with Crippen LogP contribution in [-0.2, 0) is 9.59 Å². The number of nitrogens with zero attached hydrogens (tertiary/aromatic N) is 1. The molecule has 5 heteroatoms. The summed E-state index contributed by atoms with van der Waals surface area (Å²) in [5, 5.41) is -0.196. The summed E-state index contributed by atoms with van der Waals surface area (Å²) in [5.74, 6) is -0.0864. The van der Waals surface area contributed by atoms with Gasteiger partial charge in [-0.1, -0.05) is 12.8 Å². The van der Waals surface area contributed by atoms with E-state index in [0.717, 1.165) is 45.2 Å². The molecule has 0 aromatic carbocycles. The minimum Gasteiger partial charge on any atom is -0.326 e. The molecule has 4 aliphatic rings. The smallest absolute Gasteiger partial charge is 0.142 e. The molecule has 0 aromatic rings. The second kappa shape index (κ2) is 6.12. The predicted octanol–water partition coefficient (Wildman–Crippen LogP) is 1.98. The van der Waals surface area contributed by atoms with Crippen LogP contribution in [-0.4, -0.2) is 47.0 Å². The van der Waals surface area contributed by atoms with Gasteiger partial charge in [-0.2, -0.15) is 0 Å². The molecule has 7 unspecified atom stereocenters. The fraction of sp³-hybridized carbons (Fsp3) is 0.889. The average Bonchev–Trinajstić information content (AvgIpc) is 3.09. The van der Waals surface area contributed by atoms with Gasteiger partial charge in [0.2, 0.25) is 0 Å². The Kier molecular flexibility index (Phi) is 4.27. The summed E-state index contributed by atoms with van der Waals surface area (Å²) in [5.41, 5.74) is 6.34. The Morgan fingerprint density at radius 3 is 2.09 bits per heavy atom. The number of rotatable bonds is 1. The van der Waals surface area contributed by atoms with E-state index >= 15 is 0 Å². The standard InChI is InChI=1S/C18H27ClN2O2/c19-12-9-13(21-7-3-4-8-21)14-15(16(12)20)18(23)11-6-2-1-5-10(11)17(14)22/h10-16H,1-9,20H2. The maximum absolute atomic E-state index is 13.3. The molecule has 0 spiro atoms. The van der Waals surface area contributed by atoms with Crippen molar-refractivity contribution >= 4 is 23.2 Å². The fourth-order valence-electron chi connectivity index (χ4n) is 5.73. The van der Waals surface area contributed by atoms with Crippen molar-refractivity contribution in [2.75, 3.05) is 13.1 Å². The molecule has 128 valence electrons. The van der Waals surface area contributed by atoms with Crippen LogP contribution in [0.5, 0.6) is 0 Å². The molecule has 1 saturated heterocycles. The molecule has 3 aliphatic carbocycles. The predicted molar refractivity (Wildman–Crippen MR) is 89.3 cm³/mol. The quantitative estimate of drug-likeness (QED) is 0.743. The van der Waals surface area contributed by atoms with Gasteiger partial charge in [-0.15, -0.1) is 11.6 Å². The highest BCUT2D eigenvalue weighted by Gasteiger charge is 2.58. The maximum Gasteiger partial charge on any atom is 0.142 e. The number of fused-ring (bicyclic) bond motifs is 2. The molecule has 1 heterocycles. The van der Waals surface area contributed by atoms with Crippen molar-refractivity contribution in [3.8, 4) is 0 Å². The van der Waals surface area contributed by atoms with Crippen molar-refractivity contribution in [1.29, 1.82) is 0 Å². The monoisotopic (exact) mass is 338 g/mol. The number of hydrogen-bond donors (Lipinski definition) is 1. The number of ketones is 2. The SMILES string of the molecule is NC1C(Cl)CC(N2CCCC2)C2C(=O)C3CCCCC3C(=O)C12. The minimum absolute atomic E-state index is 0.0401. The van der Waals surface area contributed by atoms with Gasteiger partial charge < -0.3 is 5.73 Å². The van der Waals surface area contributed by atoms with E-state index in [1.54, 1.807) is 0 Å². The Labute approximate surface area is 143 Å². The first kappa shape index (κ1) is 16.0. The highest BCUT2D eigenvalue weighted by Crippen LogP contribution is 2.48. The normalized spacial score (nSPS) is 48.2. The zero-order valence-electron chi connectivity index (χ0n) is 13.6. The molecular formula is C18H27ClN2O2. The lowest BCUT2D eigenvalue weighted by Crippen LogP contribution is -2.65. The topological polar surface area (TPSA) is 63.4 Å². The van der Waals surface area contributed by atoms with Gasteiger partial charge in [0.15, 0.2) is 0 Å². The summed E-state index contributed by atoms with van der Waals surface area (Å²) < 4.78 is 0. The van der Waals surface area contributed by atoms with Crippen LogP contribution in [0.3, 0.4) is 0 Å². The molecule has 3 saturated carbocycles. The first-order valence-electron chi connectivity index (χ1n) is 9.30. The van der Waals surface area contributed by atoms with Gasteiger partial charge in [0.25, 0.3) is 0 Å². The van der Waals surface area contributed by atoms with Crippen LogP contribution in [0.1, 0.15) is 44.9 Å². The Hall–Kier alpha value is -0.450. The van der Waals surface area contributed by atoms with Crippen molar-refractivity contribution in [1.82, 2.24) is 4.90 Å². The lowest BCUT2D eigenvalue weighted by molar-refractivity contribution is -0.155. The number of halogens is 1. The zero-order valence-corrected chi connectivity index (χ0v) is 14.4. The van der Waals surface area contributed by atoms with E-state index < -0.39 is 0 Å². The van der Waals surface area contributed by atoms with E-state index in [9.17, 15) is 9.59 Å². The van der Waals surface area contributed by atoms with Crippen molar-refractivity contribution in [3.63, 3.8) is 0 Å². The summed E-state index contributed by atoms with van der Waals surface area (Å²) in [4.78, 5) is 28.8. The molecule has 0 bridgehead atoms. The third-order valence-electron chi connectivity index (χ3n) is 6.86. The fourth-order valence-corrected chi connectivity index (χ4v) is 6.07. The lowest BCUT2D eigenvalue weighted by atomic mass is 9.56. The van der Waals surface area contributed by atoms with Gasteiger partial charge in [-0.25, -0.2) is 0 Å². The van der Waals surface area contributed by atoms with Gasteiger partial charge in [0.05, 0.1) is 5.38 Å². The van der Waals surface area contributed by atoms with Crippen LogP contribution in [0.25, 0.3) is 0 Å². The molecular weight excluding hydrogens is 312 g/mol. The Morgan fingerprint density at radius 2 is 1.48 bits per heavy atom. The first-order chi connectivity index (χ1) is 11.1. The molecule has 4 rings (SSSR count). The maximum atomic E-state index is 13.3. The first-order valence-corrected chi connectivity index (χ1v) is 9.74. The highest BCUT2D eigenvalue weighted by molar-refractivity contribution is 6.21. The average molecular weight is 339 g/mol. The van der Waals surface area contributed by atoms with Crippen molar-refractivity contribution in [2.45, 2.75) is 62.4 Å². The van der Waals surface area contributed by atoms with Gasteiger partial charge in [0, 0.05) is 35.8 Å². The second-order valence-electron chi connectivity index (χ2n) is 7.99. The zero-order chi connectivity index (χ0) is 16.1. The van der Waals surface area contributed by atoms with Gasteiger partial charge in [-0.05, 0) is 45.2 Å². The molecule has 7 atom stereocenters. The van der Waals surface area contributed by atoms with Gasteiger partial charge in [0.1, 0.15) is 11.6 Å². The largest absolute Gasteiger partial charge is 0.326 e. The second-order valence-corrected chi connectivity index (χ2v) is 8.55. The van der Waals surface area contributed by atoms with E-state index in [1.807, 2.05) is 0 Å². The third kappa shape index (κ3) is 2.49. The van der Waals surface area contributed by atoms with Gasteiger partial charge >= 0.3 is 0 Å². The summed E-state index contributed by atoms with van der Waals surface area (Å²) in [6.07, 6.45) is 7.02. The van der Waals surface area contributed by atoms with Crippen molar-refractivity contribution in [3.05, 3.63) is 0 Å². The Morgan fingerprint density at radius 1 is 0.913 bits per heavy atom. The van der Waals surface area contributed by atoms with Crippen LogP contribution < -0.4 is 5.73 Å². The molecule has 23 heavy (non-hydrogen) atoms. The number of alkyl halides is 1. The van der Waals surface area contributed by atoms with Crippen LogP contribution in [0, 0.1) is 23.7 Å². The lowest BCUT2D eigenvalue weighted by Gasteiger charge is -2.52. The number of Topliss-reactive ketones (excluding diaryl/α,β-unsaturated/α-hetero) is 2. The molecule has 0 amide bonds. The molecule has 0 aromatic heterocycles. The number of hydrogen-bond acceptors (Lipinski definition) is 4. The summed E-state index contributed by atoms with van der Waals surface area (Å²) in [6.45, 7) is 2.06. The Bertz CT molecular complexity index is 505. The van der Waals surface area contributed by atoms with E-state index in [4.69, 9.17) is 17.3 Å². The van der Waals surface area contributed by atoms with Crippen LogP contribution >= 0.6 is 11.6 Å². The Balaban J connectivity index is 1.69. The number of likely N-dealkylation sites (tertiary alicyclic amines) is 1. The number of nitrogens with two attached hydrogens (primary N) is 1.